The van der Waals surface area contributed by atoms with Gasteiger partial charge in [-0.3, -0.25) is 4.79 Å². The second-order valence-corrected chi connectivity index (χ2v) is 4.66. The maximum atomic E-state index is 13.5. The van der Waals surface area contributed by atoms with Crippen LogP contribution in [-0.2, 0) is 6.54 Å². The van der Waals surface area contributed by atoms with E-state index in [1.165, 1.54) is 22.8 Å². The van der Waals surface area contributed by atoms with Crippen molar-refractivity contribution in [2.24, 2.45) is 0 Å². The first-order valence-corrected chi connectivity index (χ1v) is 6.48. The summed E-state index contributed by atoms with van der Waals surface area (Å²) in [7, 11) is 0. The molecule has 20 heavy (non-hydrogen) atoms. The molecule has 0 atom stereocenters. The van der Waals surface area contributed by atoms with Gasteiger partial charge in [-0.1, -0.05) is 17.7 Å². The van der Waals surface area contributed by atoms with E-state index in [0.29, 0.717) is 18.7 Å². The number of aryl methyl sites for hydroxylation is 1. The number of benzene rings is 1. The first-order chi connectivity index (χ1) is 9.58. The molecule has 106 valence electrons. The van der Waals surface area contributed by atoms with Crippen LogP contribution in [0.2, 0.25) is 5.02 Å². The number of nitrogens with zero attached hydrogens (tertiary/aromatic N) is 1. The van der Waals surface area contributed by atoms with E-state index < -0.39 is 5.82 Å². The Morgan fingerprint density at radius 1 is 1.30 bits per heavy atom. The van der Waals surface area contributed by atoms with Crippen LogP contribution in [0.15, 0.2) is 41.3 Å². The van der Waals surface area contributed by atoms with Crippen LogP contribution in [0, 0.1) is 5.82 Å². The number of ether oxygens (including phenoxy) is 1. The largest absolute Gasteiger partial charge is 0.490 e. The van der Waals surface area contributed by atoms with Crippen molar-refractivity contribution in [3.63, 3.8) is 0 Å². The van der Waals surface area contributed by atoms with Gasteiger partial charge in [0.05, 0.1) is 11.6 Å². The normalized spacial score (nSPS) is 10.5. The van der Waals surface area contributed by atoms with Crippen LogP contribution in [-0.4, -0.2) is 11.2 Å². The standard InChI is InChI=1S/C14H14ClFN2O2/c15-11-3-1-4-12(14(11)16)20-8-2-7-18-9-10(17)5-6-13(18)19/h1,3-6,9H,2,7-8,17H2. The van der Waals surface area contributed by atoms with Crippen LogP contribution in [0.4, 0.5) is 10.1 Å². The third kappa shape index (κ3) is 3.51. The molecule has 1 heterocycles. The van der Waals surface area contributed by atoms with E-state index in [9.17, 15) is 9.18 Å². The Morgan fingerprint density at radius 3 is 2.90 bits per heavy atom. The lowest BCUT2D eigenvalue weighted by molar-refractivity contribution is 0.287. The number of aromatic nitrogens is 1. The molecule has 0 aliphatic carbocycles. The maximum absolute atomic E-state index is 13.5. The Kier molecular flexibility index (Phi) is 4.63. The molecule has 0 bridgehead atoms. The van der Waals surface area contributed by atoms with Crippen LogP contribution in [0.5, 0.6) is 5.75 Å². The number of anilines is 1. The number of hydrogen-bond donors (Lipinski definition) is 1. The van der Waals surface area contributed by atoms with Crippen LogP contribution >= 0.6 is 11.6 Å². The Balaban J connectivity index is 1.89. The zero-order valence-electron chi connectivity index (χ0n) is 10.7. The van der Waals surface area contributed by atoms with E-state index in [4.69, 9.17) is 22.1 Å². The minimum atomic E-state index is -0.574. The van der Waals surface area contributed by atoms with Crippen molar-refractivity contribution < 1.29 is 9.13 Å². The second-order valence-electron chi connectivity index (χ2n) is 4.25. The van der Waals surface area contributed by atoms with Crippen LogP contribution in [0.1, 0.15) is 6.42 Å². The molecule has 6 heteroatoms. The fourth-order valence-corrected chi connectivity index (χ4v) is 1.90. The van der Waals surface area contributed by atoms with E-state index in [0.717, 1.165) is 0 Å². The van der Waals surface area contributed by atoms with Gasteiger partial charge in [0.15, 0.2) is 11.6 Å². The summed E-state index contributed by atoms with van der Waals surface area (Å²) in [6.45, 7) is 0.727. The Morgan fingerprint density at radius 2 is 2.10 bits per heavy atom. The molecule has 0 unspecified atom stereocenters. The van der Waals surface area contributed by atoms with Crippen molar-refractivity contribution in [1.29, 1.82) is 0 Å². The van der Waals surface area contributed by atoms with Gasteiger partial charge in [0.25, 0.3) is 5.56 Å². The zero-order chi connectivity index (χ0) is 14.5. The highest BCUT2D eigenvalue weighted by Crippen LogP contribution is 2.24. The van der Waals surface area contributed by atoms with E-state index in [2.05, 4.69) is 0 Å². The molecule has 1 aromatic carbocycles. The molecule has 1 aromatic heterocycles. The number of pyridine rings is 1. The van der Waals surface area contributed by atoms with Gasteiger partial charge in [-0.15, -0.1) is 0 Å². The molecule has 0 aliphatic heterocycles. The quantitative estimate of drug-likeness (QED) is 0.863. The van der Waals surface area contributed by atoms with Crippen LogP contribution < -0.4 is 16.0 Å². The lowest BCUT2D eigenvalue weighted by Gasteiger charge is -2.09. The van der Waals surface area contributed by atoms with Crippen molar-refractivity contribution in [2.45, 2.75) is 13.0 Å². The van der Waals surface area contributed by atoms with Crippen molar-refractivity contribution in [1.82, 2.24) is 4.57 Å². The molecule has 4 nitrogen and oxygen atoms in total. The van der Waals surface area contributed by atoms with Crippen LogP contribution in [0.25, 0.3) is 0 Å². The summed E-state index contributed by atoms with van der Waals surface area (Å²) in [5, 5.41) is 0.0227. The minimum Gasteiger partial charge on any atom is -0.490 e. The predicted molar refractivity (Wildman–Crippen MR) is 76.6 cm³/mol. The first kappa shape index (κ1) is 14.4. The van der Waals surface area contributed by atoms with Gasteiger partial charge in [-0.25, -0.2) is 4.39 Å². The maximum Gasteiger partial charge on any atom is 0.250 e. The van der Waals surface area contributed by atoms with Gasteiger partial charge in [0, 0.05) is 24.5 Å². The Labute approximate surface area is 120 Å². The van der Waals surface area contributed by atoms with Crippen molar-refractivity contribution in [3.05, 3.63) is 57.7 Å². The number of nitrogens with two attached hydrogens (primary N) is 1. The molecule has 0 aliphatic rings. The van der Waals surface area contributed by atoms with Crippen LogP contribution in [0.3, 0.4) is 0 Å². The average molecular weight is 297 g/mol. The van der Waals surface area contributed by atoms with Gasteiger partial charge in [0.1, 0.15) is 0 Å². The molecule has 0 saturated heterocycles. The van der Waals surface area contributed by atoms with Gasteiger partial charge < -0.3 is 15.0 Å². The van der Waals surface area contributed by atoms with Crippen molar-refractivity contribution in [3.8, 4) is 5.75 Å². The topological polar surface area (TPSA) is 57.2 Å². The molecule has 0 saturated carbocycles. The first-order valence-electron chi connectivity index (χ1n) is 6.10. The number of nitrogen functional groups attached to an aromatic ring is 1. The monoisotopic (exact) mass is 296 g/mol. The minimum absolute atomic E-state index is 0.0227. The van der Waals surface area contributed by atoms with E-state index >= 15 is 0 Å². The smallest absolute Gasteiger partial charge is 0.250 e. The molecular weight excluding hydrogens is 283 g/mol. The highest BCUT2D eigenvalue weighted by atomic mass is 35.5. The van der Waals surface area contributed by atoms with E-state index in [1.807, 2.05) is 0 Å². The molecule has 0 amide bonds. The van der Waals surface area contributed by atoms with Gasteiger partial charge in [-0.05, 0) is 24.6 Å². The molecule has 2 rings (SSSR count). The highest BCUT2D eigenvalue weighted by Gasteiger charge is 2.06. The SMILES string of the molecule is Nc1ccc(=O)n(CCCOc2cccc(Cl)c2F)c1. The lowest BCUT2D eigenvalue weighted by atomic mass is 10.3. The number of rotatable bonds is 5. The number of hydrogen-bond acceptors (Lipinski definition) is 3. The summed E-state index contributed by atoms with van der Waals surface area (Å²) in [5.41, 5.74) is 5.99. The fourth-order valence-electron chi connectivity index (χ4n) is 1.74. The molecule has 2 N–H and O–H groups in total. The third-order valence-electron chi connectivity index (χ3n) is 2.72. The summed E-state index contributed by atoms with van der Waals surface area (Å²) in [6, 6.07) is 7.54. The molecule has 0 spiro atoms. The summed E-state index contributed by atoms with van der Waals surface area (Å²) in [5.74, 6) is -0.465. The van der Waals surface area contributed by atoms with E-state index in [1.54, 1.807) is 18.3 Å². The Hall–Kier alpha value is -2.01. The van der Waals surface area contributed by atoms with Gasteiger partial charge in [-0.2, -0.15) is 0 Å². The third-order valence-corrected chi connectivity index (χ3v) is 3.02. The summed E-state index contributed by atoms with van der Waals surface area (Å²) >= 11 is 5.65. The average Bonchev–Trinajstić information content (AvgIpc) is 2.43. The second kappa shape index (κ2) is 6.43. The number of halogens is 2. The predicted octanol–water partition coefficient (Wildman–Crippen LogP) is 2.69. The highest BCUT2D eigenvalue weighted by molar-refractivity contribution is 6.30. The van der Waals surface area contributed by atoms with Crippen molar-refractivity contribution >= 4 is 17.3 Å². The molecule has 0 fully saturated rings. The lowest BCUT2D eigenvalue weighted by Crippen LogP contribution is -2.20. The van der Waals surface area contributed by atoms with Crippen molar-refractivity contribution in [2.75, 3.05) is 12.3 Å². The Bertz CT molecular complexity index is 658. The van der Waals surface area contributed by atoms with E-state index in [-0.39, 0.29) is 22.9 Å². The molecular formula is C14H14ClFN2O2. The summed E-state index contributed by atoms with van der Waals surface area (Å²) in [4.78, 5) is 11.5. The molecule has 2 aromatic rings. The zero-order valence-corrected chi connectivity index (χ0v) is 11.4. The van der Waals surface area contributed by atoms with Gasteiger partial charge in [0.2, 0.25) is 0 Å². The summed E-state index contributed by atoms with van der Waals surface area (Å²) in [6.07, 6.45) is 2.12. The fraction of sp³-hybridized carbons (Fsp3) is 0.214. The summed E-state index contributed by atoms with van der Waals surface area (Å²) < 4.78 is 20.3. The van der Waals surface area contributed by atoms with Gasteiger partial charge >= 0.3 is 0 Å². The molecule has 0 radical (unpaired) electrons.